The standard InChI is InChI=1S/C18H25Cl2N3O2/c1-12-6-3-4-9-15(12)21-16(24)10-23(2)11-17(25)22-18-13(19)7-5-8-14(18)20/h5,7-8,12,15H,3-4,6,9-11H2,1-2H3,(H,21,24)(H,22,25)/t12-,15+/m0/s1. The molecule has 1 aromatic carbocycles. The summed E-state index contributed by atoms with van der Waals surface area (Å²) in [6, 6.07) is 5.27. The molecule has 2 atom stereocenters. The van der Waals surface area contributed by atoms with Crippen molar-refractivity contribution in [1.82, 2.24) is 10.2 Å². The minimum atomic E-state index is -0.267. The van der Waals surface area contributed by atoms with Crippen molar-refractivity contribution in [1.29, 1.82) is 0 Å². The van der Waals surface area contributed by atoms with E-state index in [0.717, 1.165) is 19.3 Å². The van der Waals surface area contributed by atoms with Gasteiger partial charge in [-0.3, -0.25) is 14.5 Å². The van der Waals surface area contributed by atoms with Crippen LogP contribution in [0.4, 0.5) is 5.69 Å². The summed E-state index contributed by atoms with van der Waals surface area (Å²) in [4.78, 5) is 26.0. The zero-order valence-electron chi connectivity index (χ0n) is 14.6. The van der Waals surface area contributed by atoms with Crippen molar-refractivity contribution in [3.05, 3.63) is 28.2 Å². The average Bonchev–Trinajstić information content (AvgIpc) is 2.53. The van der Waals surface area contributed by atoms with Gasteiger partial charge >= 0.3 is 0 Å². The van der Waals surface area contributed by atoms with Crippen LogP contribution < -0.4 is 10.6 Å². The normalized spacial score (nSPS) is 20.4. The van der Waals surface area contributed by atoms with E-state index in [1.807, 2.05) is 0 Å². The van der Waals surface area contributed by atoms with Crippen LogP contribution in [0, 0.1) is 5.92 Å². The Kier molecular flexibility index (Phi) is 7.54. The zero-order valence-corrected chi connectivity index (χ0v) is 16.2. The third kappa shape index (κ3) is 6.17. The van der Waals surface area contributed by atoms with E-state index in [4.69, 9.17) is 23.2 Å². The molecule has 0 unspecified atom stereocenters. The number of rotatable bonds is 6. The molecule has 2 N–H and O–H groups in total. The van der Waals surface area contributed by atoms with Crippen molar-refractivity contribution in [3.63, 3.8) is 0 Å². The van der Waals surface area contributed by atoms with Crippen LogP contribution in [0.3, 0.4) is 0 Å². The number of hydrogen-bond donors (Lipinski definition) is 2. The fourth-order valence-corrected chi connectivity index (χ4v) is 3.62. The largest absolute Gasteiger partial charge is 0.352 e. The monoisotopic (exact) mass is 385 g/mol. The lowest BCUT2D eigenvalue weighted by Gasteiger charge is -2.30. The maximum atomic E-state index is 12.2. The number of halogens is 2. The molecule has 2 amide bonds. The first-order valence-electron chi connectivity index (χ1n) is 8.58. The van der Waals surface area contributed by atoms with Crippen LogP contribution in [-0.2, 0) is 9.59 Å². The molecule has 25 heavy (non-hydrogen) atoms. The summed E-state index contributed by atoms with van der Waals surface area (Å²) in [6.07, 6.45) is 4.58. The number of benzene rings is 1. The van der Waals surface area contributed by atoms with Crippen LogP contribution in [0.1, 0.15) is 32.6 Å². The van der Waals surface area contributed by atoms with Crippen molar-refractivity contribution in [2.24, 2.45) is 5.92 Å². The van der Waals surface area contributed by atoms with Gasteiger partial charge in [0.05, 0.1) is 28.8 Å². The smallest absolute Gasteiger partial charge is 0.238 e. The van der Waals surface area contributed by atoms with Gasteiger partial charge in [0.1, 0.15) is 0 Å². The molecule has 0 heterocycles. The molecule has 1 aromatic rings. The summed E-state index contributed by atoms with van der Waals surface area (Å²) >= 11 is 12.1. The number of carbonyl (C=O) groups excluding carboxylic acids is 2. The average molecular weight is 386 g/mol. The highest BCUT2D eigenvalue weighted by Gasteiger charge is 2.23. The molecule has 1 aliphatic carbocycles. The van der Waals surface area contributed by atoms with Crippen LogP contribution in [0.2, 0.25) is 10.0 Å². The fourth-order valence-electron chi connectivity index (χ4n) is 3.13. The number of nitrogens with one attached hydrogen (secondary N) is 2. The minimum absolute atomic E-state index is 0.0511. The van der Waals surface area contributed by atoms with E-state index < -0.39 is 0 Å². The van der Waals surface area contributed by atoms with Crippen LogP contribution in [-0.4, -0.2) is 42.9 Å². The van der Waals surface area contributed by atoms with Crippen LogP contribution in [0.15, 0.2) is 18.2 Å². The second kappa shape index (κ2) is 9.41. The molecule has 0 aliphatic heterocycles. The number of carbonyl (C=O) groups is 2. The van der Waals surface area contributed by atoms with Crippen molar-refractivity contribution >= 4 is 40.7 Å². The lowest BCUT2D eigenvalue weighted by Crippen LogP contribution is -2.46. The van der Waals surface area contributed by atoms with Gasteiger partial charge in [0.25, 0.3) is 0 Å². The Hall–Kier alpha value is -1.30. The van der Waals surface area contributed by atoms with E-state index >= 15 is 0 Å². The van der Waals surface area contributed by atoms with E-state index in [-0.39, 0.29) is 30.9 Å². The van der Waals surface area contributed by atoms with Crippen LogP contribution in [0.5, 0.6) is 0 Å². The second-order valence-corrected chi connectivity index (χ2v) is 7.57. The highest BCUT2D eigenvalue weighted by Crippen LogP contribution is 2.29. The Morgan fingerprint density at radius 1 is 1.12 bits per heavy atom. The van der Waals surface area contributed by atoms with Gasteiger partial charge in [-0.15, -0.1) is 0 Å². The Bertz CT molecular complexity index is 604. The third-order valence-corrected chi connectivity index (χ3v) is 5.14. The predicted molar refractivity (Wildman–Crippen MR) is 102 cm³/mol. The molecule has 5 nitrogen and oxygen atoms in total. The number of anilines is 1. The molecule has 0 radical (unpaired) electrons. The lowest BCUT2D eigenvalue weighted by molar-refractivity contribution is -0.124. The van der Waals surface area contributed by atoms with Crippen molar-refractivity contribution in [2.45, 2.75) is 38.6 Å². The molecule has 7 heteroatoms. The molecule has 1 saturated carbocycles. The van der Waals surface area contributed by atoms with Crippen LogP contribution in [0.25, 0.3) is 0 Å². The van der Waals surface area contributed by atoms with E-state index in [2.05, 4.69) is 17.6 Å². The lowest BCUT2D eigenvalue weighted by atomic mass is 9.86. The van der Waals surface area contributed by atoms with Crippen molar-refractivity contribution in [3.8, 4) is 0 Å². The maximum Gasteiger partial charge on any atom is 0.238 e. The molecular formula is C18H25Cl2N3O2. The number of amides is 2. The molecular weight excluding hydrogens is 361 g/mol. The van der Waals surface area contributed by atoms with Gasteiger partial charge in [-0.1, -0.05) is 49.0 Å². The van der Waals surface area contributed by atoms with E-state index in [0.29, 0.717) is 21.7 Å². The zero-order chi connectivity index (χ0) is 18.4. The highest BCUT2D eigenvalue weighted by atomic mass is 35.5. The molecule has 0 bridgehead atoms. The van der Waals surface area contributed by atoms with Gasteiger partial charge in [-0.05, 0) is 37.9 Å². The summed E-state index contributed by atoms with van der Waals surface area (Å²) in [5, 5.41) is 6.54. The summed E-state index contributed by atoms with van der Waals surface area (Å²) < 4.78 is 0. The summed E-state index contributed by atoms with van der Waals surface area (Å²) in [6.45, 7) is 2.43. The van der Waals surface area contributed by atoms with E-state index in [1.54, 1.807) is 30.1 Å². The predicted octanol–water partition coefficient (Wildman–Crippen LogP) is 3.56. The Morgan fingerprint density at radius 2 is 1.72 bits per heavy atom. The Morgan fingerprint density at radius 3 is 2.36 bits per heavy atom. The van der Waals surface area contributed by atoms with E-state index in [1.165, 1.54) is 6.42 Å². The number of nitrogens with zero attached hydrogens (tertiary/aromatic N) is 1. The number of hydrogen-bond acceptors (Lipinski definition) is 3. The van der Waals surface area contributed by atoms with Crippen LogP contribution >= 0.6 is 23.2 Å². The third-order valence-electron chi connectivity index (χ3n) is 4.51. The maximum absolute atomic E-state index is 12.2. The van der Waals surface area contributed by atoms with Gasteiger partial charge in [-0.25, -0.2) is 0 Å². The van der Waals surface area contributed by atoms with Gasteiger partial charge in [0.2, 0.25) is 11.8 Å². The molecule has 1 fully saturated rings. The quantitative estimate of drug-likeness (QED) is 0.786. The van der Waals surface area contributed by atoms with Gasteiger partial charge in [0.15, 0.2) is 0 Å². The van der Waals surface area contributed by atoms with Crippen molar-refractivity contribution < 1.29 is 9.59 Å². The van der Waals surface area contributed by atoms with Gasteiger partial charge < -0.3 is 10.6 Å². The fraction of sp³-hybridized carbons (Fsp3) is 0.556. The minimum Gasteiger partial charge on any atom is -0.352 e. The second-order valence-electron chi connectivity index (χ2n) is 6.75. The first-order chi connectivity index (χ1) is 11.9. The SMILES string of the molecule is C[C@H]1CCCC[C@H]1NC(=O)CN(C)CC(=O)Nc1c(Cl)cccc1Cl. The number of para-hydroxylation sites is 1. The summed E-state index contributed by atoms with van der Waals surface area (Å²) in [7, 11) is 1.73. The first kappa shape index (κ1) is 20.0. The summed E-state index contributed by atoms with van der Waals surface area (Å²) in [5.41, 5.74) is 0.393. The first-order valence-corrected chi connectivity index (χ1v) is 9.34. The molecule has 1 aliphatic rings. The van der Waals surface area contributed by atoms with Gasteiger partial charge in [-0.2, -0.15) is 0 Å². The molecule has 0 aromatic heterocycles. The molecule has 2 rings (SSSR count). The van der Waals surface area contributed by atoms with E-state index in [9.17, 15) is 9.59 Å². The Labute approximate surface area is 159 Å². The van der Waals surface area contributed by atoms with Gasteiger partial charge in [0, 0.05) is 6.04 Å². The molecule has 138 valence electrons. The topological polar surface area (TPSA) is 61.4 Å². The Balaban J connectivity index is 1.80. The van der Waals surface area contributed by atoms with Crippen molar-refractivity contribution in [2.75, 3.05) is 25.5 Å². The highest BCUT2D eigenvalue weighted by molar-refractivity contribution is 6.39. The molecule has 0 saturated heterocycles. The summed E-state index contributed by atoms with van der Waals surface area (Å²) in [5.74, 6) is 0.190. The molecule has 0 spiro atoms. The number of likely N-dealkylation sites (N-methyl/N-ethyl adjacent to an activating group) is 1.